The number of nitrogens with one attached hydrogen (secondary N) is 2. The second-order valence-corrected chi connectivity index (χ2v) is 7.24. The van der Waals surface area contributed by atoms with Gasteiger partial charge in [-0.25, -0.2) is 9.97 Å². The number of allylic oxidation sites excluding steroid dienone is 1. The van der Waals surface area contributed by atoms with Gasteiger partial charge in [0.15, 0.2) is 0 Å². The first-order chi connectivity index (χ1) is 13.0. The third kappa shape index (κ3) is 5.39. The highest BCUT2D eigenvalue weighted by molar-refractivity contribution is 6.03. The molecule has 0 fully saturated rings. The summed E-state index contributed by atoms with van der Waals surface area (Å²) in [5.41, 5.74) is 4.91. The Balaban J connectivity index is 1.65. The molecule has 0 spiro atoms. The zero-order valence-electron chi connectivity index (χ0n) is 16.4. The molecular weight excluding hydrogens is 336 g/mol. The van der Waals surface area contributed by atoms with E-state index in [1.165, 1.54) is 36.8 Å². The first-order valence-corrected chi connectivity index (χ1v) is 9.67. The summed E-state index contributed by atoms with van der Waals surface area (Å²) >= 11 is 0. The molecule has 0 unspecified atom stereocenters. The summed E-state index contributed by atoms with van der Waals surface area (Å²) in [4.78, 5) is 21.4. The molecule has 0 saturated carbocycles. The third-order valence-corrected chi connectivity index (χ3v) is 4.84. The lowest BCUT2D eigenvalue weighted by Gasteiger charge is -2.14. The number of rotatable bonds is 6. The van der Waals surface area contributed by atoms with E-state index in [-0.39, 0.29) is 5.91 Å². The number of nitrogens with zero attached hydrogens (tertiary/aromatic N) is 2. The van der Waals surface area contributed by atoms with Crippen molar-refractivity contribution in [3.05, 3.63) is 58.6 Å². The molecule has 5 heteroatoms. The molecule has 0 radical (unpaired) electrons. The maximum absolute atomic E-state index is 12.6. The van der Waals surface area contributed by atoms with Gasteiger partial charge in [0.2, 0.25) is 0 Å². The van der Waals surface area contributed by atoms with E-state index < -0.39 is 0 Å². The number of carbonyl (C=O) groups excluding carboxylic acids is 1. The van der Waals surface area contributed by atoms with E-state index in [4.69, 9.17) is 0 Å². The van der Waals surface area contributed by atoms with Gasteiger partial charge < -0.3 is 10.6 Å². The van der Waals surface area contributed by atoms with Crippen LogP contribution in [0.15, 0.2) is 35.9 Å². The molecular formula is C22H28N4O. The van der Waals surface area contributed by atoms with Crippen LogP contribution >= 0.6 is 0 Å². The van der Waals surface area contributed by atoms with Crippen LogP contribution in [0, 0.1) is 20.8 Å². The molecule has 1 aromatic carbocycles. The summed E-state index contributed by atoms with van der Waals surface area (Å²) in [7, 11) is 0. The fraction of sp³-hybridized carbons (Fsp3) is 0.409. The quantitative estimate of drug-likeness (QED) is 0.711. The standard InChI is InChI=1S/C22H28N4O/c1-15-9-10-19(16(2)13-15)26-22(27)20-14-21(25-17(3)24-20)23-12-11-18-7-5-4-6-8-18/h7,9-10,13-14H,4-6,8,11-12H2,1-3H3,(H,26,27)(H,23,24,25). The van der Waals surface area contributed by atoms with Crippen LogP contribution in [0.4, 0.5) is 11.5 Å². The van der Waals surface area contributed by atoms with Gasteiger partial charge in [-0.2, -0.15) is 0 Å². The van der Waals surface area contributed by atoms with Crippen molar-refractivity contribution in [3.8, 4) is 0 Å². The maximum Gasteiger partial charge on any atom is 0.274 e. The number of hydrogen-bond donors (Lipinski definition) is 2. The molecule has 1 aliphatic carbocycles. The highest BCUT2D eigenvalue weighted by atomic mass is 16.1. The van der Waals surface area contributed by atoms with E-state index in [9.17, 15) is 4.79 Å². The molecule has 2 N–H and O–H groups in total. The van der Waals surface area contributed by atoms with Crippen LogP contribution in [0.1, 0.15) is 59.5 Å². The third-order valence-electron chi connectivity index (χ3n) is 4.84. The average Bonchev–Trinajstić information content (AvgIpc) is 2.64. The van der Waals surface area contributed by atoms with Gasteiger partial charge in [-0.15, -0.1) is 0 Å². The van der Waals surface area contributed by atoms with Gasteiger partial charge in [0.1, 0.15) is 17.3 Å². The number of benzene rings is 1. The zero-order chi connectivity index (χ0) is 19.2. The summed E-state index contributed by atoms with van der Waals surface area (Å²) < 4.78 is 0. The molecule has 1 amide bonds. The van der Waals surface area contributed by atoms with E-state index in [1.54, 1.807) is 6.07 Å². The van der Waals surface area contributed by atoms with Crippen LogP contribution in [0.2, 0.25) is 0 Å². The molecule has 5 nitrogen and oxygen atoms in total. The highest BCUT2D eigenvalue weighted by Crippen LogP contribution is 2.20. The molecule has 1 aromatic heterocycles. The van der Waals surface area contributed by atoms with E-state index in [1.807, 2.05) is 39.0 Å². The highest BCUT2D eigenvalue weighted by Gasteiger charge is 2.12. The van der Waals surface area contributed by atoms with Gasteiger partial charge in [-0.05, 0) is 64.5 Å². The van der Waals surface area contributed by atoms with Crippen LogP contribution in [-0.2, 0) is 0 Å². The first kappa shape index (κ1) is 19.1. The minimum atomic E-state index is -0.217. The molecule has 0 atom stereocenters. The normalized spacial score (nSPS) is 13.8. The van der Waals surface area contributed by atoms with E-state index in [0.29, 0.717) is 17.3 Å². The van der Waals surface area contributed by atoms with Crippen molar-refractivity contribution in [2.45, 2.75) is 52.9 Å². The van der Waals surface area contributed by atoms with Crippen molar-refractivity contribution in [2.24, 2.45) is 0 Å². The number of amides is 1. The van der Waals surface area contributed by atoms with Gasteiger partial charge in [-0.1, -0.05) is 29.3 Å². The van der Waals surface area contributed by atoms with Gasteiger partial charge >= 0.3 is 0 Å². The van der Waals surface area contributed by atoms with Crippen LogP contribution in [0.25, 0.3) is 0 Å². The molecule has 0 saturated heterocycles. The number of aromatic nitrogens is 2. The smallest absolute Gasteiger partial charge is 0.274 e. The fourth-order valence-electron chi connectivity index (χ4n) is 3.40. The Bertz CT molecular complexity index is 857. The van der Waals surface area contributed by atoms with E-state index in [0.717, 1.165) is 24.2 Å². The summed E-state index contributed by atoms with van der Waals surface area (Å²) in [6.45, 7) is 6.65. The molecule has 1 heterocycles. The Labute approximate surface area is 161 Å². The Morgan fingerprint density at radius 1 is 1.11 bits per heavy atom. The Morgan fingerprint density at radius 2 is 1.96 bits per heavy atom. The fourth-order valence-corrected chi connectivity index (χ4v) is 3.40. The van der Waals surface area contributed by atoms with E-state index >= 15 is 0 Å². The molecule has 142 valence electrons. The monoisotopic (exact) mass is 364 g/mol. The molecule has 0 bridgehead atoms. The topological polar surface area (TPSA) is 66.9 Å². The lowest BCUT2D eigenvalue weighted by Crippen LogP contribution is -2.16. The summed E-state index contributed by atoms with van der Waals surface area (Å²) in [5.74, 6) is 1.07. The average molecular weight is 364 g/mol. The van der Waals surface area contributed by atoms with Gasteiger partial charge in [0, 0.05) is 18.3 Å². The van der Waals surface area contributed by atoms with Crippen molar-refractivity contribution < 1.29 is 4.79 Å². The largest absolute Gasteiger partial charge is 0.370 e. The van der Waals surface area contributed by atoms with Crippen molar-refractivity contribution >= 4 is 17.4 Å². The Kier molecular flexibility index (Phi) is 6.22. The molecule has 0 aliphatic heterocycles. The van der Waals surface area contributed by atoms with Crippen LogP contribution in [0.5, 0.6) is 0 Å². The lowest BCUT2D eigenvalue weighted by atomic mass is 9.97. The first-order valence-electron chi connectivity index (χ1n) is 9.67. The minimum absolute atomic E-state index is 0.217. The number of aryl methyl sites for hydroxylation is 3. The maximum atomic E-state index is 12.6. The van der Waals surface area contributed by atoms with Crippen LogP contribution in [-0.4, -0.2) is 22.4 Å². The van der Waals surface area contributed by atoms with E-state index in [2.05, 4.69) is 26.7 Å². The lowest BCUT2D eigenvalue weighted by molar-refractivity contribution is 0.102. The Hall–Kier alpha value is -2.69. The predicted molar refractivity (Wildman–Crippen MR) is 110 cm³/mol. The van der Waals surface area contributed by atoms with Crippen LogP contribution in [0.3, 0.4) is 0 Å². The number of anilines is 2. The molecule has 3 rings (SSSR count). The van der Waals surface area contributed by atoms with Gasteiger partial charge in [-0.3, -0.25) is 4.79 Å². The number of carbonyl (C=O) groups is 1. The van der Waals surface area contributed by atoms with Crippen molar-refractivity contribution in [1.29, 1.82) is 0 Å². The van der Waals surface area contributed by atoms with Crippen molar-refractivity contribution in [2.75, 3.05) is 17.2 Å². The van der Waals surface area contributed by atoms with Crippen molar-refractivity contribution in [3.63, 3.8) is 0 Å². The Morgan fingerprint density at radius 3 is 2.70 bits per heavy atom. The second kappa shape index (κ2) is 8.80. The predicted octanol–water partition coefficient (Wildman–Crippen LogP) is 4.96. The second-order valence-electron chi connectivity index (χ2n) is 7.24. The summed E-state index contributed by atoms with van der Waals surface area (Å²) in [6, 6.07) is 7.68. The number of hydrogen-bond acceptors (Lipinski definition) is 4. The van der Waals surface area contributed by atoms with Crippen molar-refractivity contribution in [1.82, 2.24) is 9.97 Å². The summed E-state index contributed by atoms with van der Waals surface area (Å²) in [6.07, 6.45) is 8.38. The summed E-state index contributed by atoms with van der Waals surface area (Å²) in [5, 5.41) is 6.29. The molecule has 27 heavy (non-hydrogen) atoms. The SMILES string of the molecule is Cc1ccc(NC(=O)c2cc(NCCC3=CCCCC3)nc(C)n2)c(C)c1. The zero-order valence-corrected chi connectivity index (χ0v) is 16.4. The molecule has 2 aromatic rings. The molecule has 1 aliphatic rings. The van der Waals surface area contributed by atoms with Gasteiger partial charge in [0.25, 0.3) is 5.91 Å². The minimum Gasteiger partial charge on any atom is -0.370 e. The van der Waals surface area contributed by atoms with Gasteiger partial charge in [0.05, 0.1) is 0 Å². The van der Waals surface area contributed by atoms with Crippen LogP contribution < -0.4 is 10.6 Å².